The van der Waals surface area contributed by atoms with Gasteiger partial charge in [-0.2, -0.15) is 0 Å². The lowest BCUT2D eigenvalue weighted by atomic mass is 10.1. The highest BCUT2D eigenvalue weighted by molar-refractivity contribution is 6.02. The number of amides is 6. The molecule has 0 aliphatic carbocycles. The first kappa shape index (κ1) is 34.1. The summed E-state index contributed by atoms with van der Waals surface area (Å²) in [4.78, 5) is 99.6. The van der Waals surface area contributed by atoms with Gasteiger partial charge in [-0.05, 0) is 19.3 Å². The molecule has 2 aliphatic rings. The molecule has 0 atom stereocenters. The highest BCUT2D eigenvalue weighted by Gasteiger charge is 2.34. The number of rotatable bonds is 14. The predicted molar refractivity (Wildman–Crippen MR) is 135 cm³/mol. The zero-order chi connectivity index (χ0) is 30.2. The lowest BCUT2D eigenvalue weighted by Crippen LogP contribution is -2.33. The predicted octanol–water partition coefficient (Wildman–Crippen LogP) is 0.0610. The minimum Gasteiger partial charge on any atom is -0.378 e. The van der Waals surface area contributed by atoms with Crippen molar-refractivity contribution < 1.29 is 52.8 Å². The number of imide groups is 2. The Morgan fingerprint density at radius 3 is 1.55 bits per heavy atom. The molecule has 2 heterocycles. The molecule has 0 spiro atoms. The summed E-state index contributed by atoms with van der Waals surface area (Å²) in [5, 5.41) is 6.12. The lowest BCUT2D eigenvalue weighted by Gasteiger charge is -2.17. The van der Waals surface area contributed by atoms with Crippen molar-refractivity contribution in [2.45, 2.75) is 84.2 Å². The average molecular weight is 571 g/mol. The van der Waals surface area contributed by atoms with E-state index in [9.17, 15) is 38.4 Å². The summed E-state index contributed by atoms with van der Waals surface area (Å²) in [7, 11) is 3.09. The van der Waals surface area contributed by atoms with Gasteiger partial charge >= 0.3 is 11.9 Å². The van der Waals surface area contributed by atoms with Gasteiger partial charge in [-0.15, -0.1) is 10.1 Å². The van der Waals surface area contributed by atoms with Crippen LogP contribution in [0.25, 0.3) is 0 Å². The number of carbonyl (C=O) groups is 8. The Kier molecular flexibility index (Phi) is 15.1. The van der Waals surface area contributed by atoms with Crippen LogP contribution in [0.2, 0.25) is 0 Å². The molecule has 2 saturated heterocycles. The first-order chi connectivity index (χ1) is 18.9. The van der Waals surface area contributed by atoms with Crippen LogP contribution in [-0.2, 0) is 52.8 Å². The Balaban J connectivity index is 0.000000512. The number of nitrogens with one attached hydrogen (secondary N) is 2. The molecule has 6 amide bonds. The van der Waals surface area contributed by atoms with Crippen LogP contribution in [0.4, 0.5) is 0 Å². The van der Waals surface area contributed by atoms with E-state index in [0.717, 1.165) is 0 Å². The molecule has 15 heteroatoms. The summed E-state index contributed by atoms with van der Waals surface area (Å²) in [5.41, 5.74) is 0. The second-order valence-corrected chi connectivity index (χ2v) is 9.21. The van der Waals surface area contributed by atoms with E-state index >= 15 is 0 Å². The van der Waals surface area contributed by atoms with Crippen LogP contribution in [0.1, 0.15) is 78.1 Å². The van der Waals surface area contributed by atoms with Crippen molar-refractivity contribution in [3.8, 4) is 0 Å². The number of hydroxylamine groups is 4. The molecule has 0 aromatic rings. The SMILES string of the molecule is CC(C)C(=O)ON1C(=O)CCC1=O.CNC(=O)CCC(CCC(=O)NC)OCCCC(=O)ON1C(=O)CCC1=O. The fourth-order valence-corrected chi connectivity index (χ4v) is 3.27. The van der Waals surface area contributed by atoms with Gasteiger partial charge in [0.05, 0.1) is 18.4 Å². The minimum atomic E-state index is -0.686. The molecule has 0 unspecified atom stereocenters. The fourth-order valence-electron chi connectivity index (χ4n) is 3.27. The topological polar surface area (TPSA) is 195 Å². The van der Waals surface area contributed by atoms with Crippen LogP contribution in [0.5, 0.6) is 0 Å². The van der Waals surface area contributed by atoms with Crippen molar-refractivity contribution >= 4 is 47.4 Å². The molecule has 0 aromatic carbocycles. The molecule has 2 fully saturated rings. The van der Waals surface area contributed by atoms with Crippen LogP contribution in [-0.4, -0.2) is 84.3 Å². The molecule has 2 N–H and O–H groups in total. The molecule has 40 heavy (non-hydrogen) atoms. The van der Waals surface area contributed by atoms with E-state index in [1.165, 1.54) is 0 Å². The van der Waals surface area contributed by atoms with E-state index in [1.54, 1.807) is 27.9 Å². The molecule has 2 aliphatic heterocycles. The van der Waals surface area contributed by atoms with E-state index in [-0.39, 0.29) is 75.4 Å². The third kappa shape index (κ3) is 12.3. The van der Waals surface area contributed by atoms with Crippen LogP contribution in [0, 0.1) is 5.92 Å². The maximum atomic E-state index is 11.7. The summed E-state index contributed by atoms with van der Waals surface area (Å²) in [6, 6.07) is 0. The zero-order valence-electron chi connectivity index (χ0n) is 23.3. The molecule has 0 saturated carbocycles. The molecular weight excluding hydrogens is 532 g/mol. The van der Waals surface area contributed by atoms with Crippen LogP contribution >= 0.6 is 0 Å². The van der Waals surface area contributed by atoms with Crippen molar-refractivity contribution in [2.75, 3.05) is 20.7 Å². The van der Waals surface area contributed by atoms with Gasteiger partial charge in [0, 0.05) is 59.2 Å². The van der Waals surface area contributed by atoms with Crippen LogP contribution in [0.15, 0.2) is 0 Å². The minimum absolute atomic E-state index is 0.0192. The van der Waals surface area contributed by atoms with Gasteiger partial charge in [-0.1, -0.05) is 13.8 Å². The van der Waals surface area contributed by atoms with Gasteiger partial charge in [0.15, 0.2) is 0 Å². The maximum absolute atomic E-state index is 11.7. The Morgan fingerprint density at radius 2 is 1.15 bits per heavy atom. The summed E-state index contributed by atoms with van der Waals surface area (Å²) in [6.45, 7) is 3.49. The van der Waals surface area contributed by atoms with Crippen molar-refractivity contribution in [2.24, 2.45) is 5.92 Å². The Bertz CT molecular complexity index is 914. The standard InChI is InChI=1S/C17H27N3O7.C8H11NO4/c1-18-13(21)7-5-12(6-8-14(22)19-2)26-11-3-4-17(25)27-20-15(23)9-10-16(20)24;1-5(2)8(12)13-9-6(10)3-4-7(9)11/h12H,3-11H2,1-2H3,(H,18,21)(H,19,22);5H,3-4H2,1-2H3. The number of ether oxygens (including phenoxy) is 1. The molecule has 0 radical (unpaired) electrons. The Labute approximate surface area is 232 Å². The fraction of sp³-hybridized carbons (Fsp3) is 0.680. The molecular formula is C25H38N4O11. The van der Waals surface area contributed by atoms with Crippen LogP contribution < -0.4 is 10.6 Å². The number of nitrogens with zero attached hydrogens (tertiary/aromatic N) is 2. The third-order valence-electron chi connectivity index (χ3n) is 5.68. The van der Waals surface area contributed by atoms with E-state index in [1.807, 2.05) is 0 Å². The van der Waals surface area contributed by atoms with Gasteiger partial charge in [-0.3, -0.25) is 28.8 Å². The highest BCUT2D eigenvalue weighted by Crippen LogP contribution is 2.15. The third-order valence-corrected chi connectivity index (χ3v) is 5.68. The zero-order valence-corrected chi connectivity index (χ0v) is 23.3. The second kappa shape index (κ2) is 17.7. The monoisotopic (exact) mass is 570 g/mol. The van der Waals surface area contributed by atoms with E-state index < -0.39 is 35.6 Å². The van der Waals surface area contributed by atoms with E-state index in [0.29, 0.717) is 29.4 Å². The van der Waals surface area contributed by atoms with E-state index in [4.69, 9.17) is 9.57 Å². The summed E-state index contributed by atoms with van der Waals surface area (Å²) >= 11 is 0. The molecule has 0 bridgehead atoms. The van der Waals surface area contributed by atoms with Gasteiger partial charge in [0.1, 0.15) is 0 Å². The highest BCUT2D eigenvalue weighted by atomic mass is 16.7. The molecule has 15 nitrogen and oxygen atoms in total. The largest absolute Gasteiger partial charge is 0.378 e. The molecule has 2 rings (SSSR count). The molecule has 0 aromatic heterocycles. The smallest absolute Gasteiger partial charge is 0.335 e. The lowest BCUT2D eigenvalue weighted by molar-refractivity contribution is -0.199. The van der Waals surface area contributed by atoms with E-state index in [2.05, 4.69) is 15.5 Å². The number of carbonyl (C=O) groups excluding carboxylic acids is 8. The first-order valence-corrected chi connectivity index (χ1v) is 13.1. The van der Waals surface area contributed by atoms with Crippen molar-refractivity contribution in [1.82, 2.24) is 20.8 Å². The maximum Gasteiger partial charge on any atom is 0.335 e. The Hall–Kier alpha value is -3.88. The quantitative estimate of drug-likeness (QED) is 0.212. The van der Waals surface area contributed by atoms with Gasteiger partial charge in [0.2, 0.25) is 11.8 Å². The number of hydrogen-bond donors (Lipinski definition) is 2. The molecule has 224 valence electrons. The first-order valence-electron chi connectivity index (χ1n) is 13.1. The van der Waals surface area contributed by atoms with Gasteiger partial charge in [-0.25, -0.2) is 9.59 Å². The Morgan fingerprint density at radius 1 is 0.725 bits per heavy atom. The van der Waals surface area contributed by atoms with Gasteiger partial charge in [0.25, 0.3) is 23.6 Å². The summed E-state index contributed by atoms with van der Waals surface area (Å²) in [5.74, 6) is -3.77. The van der Waals surface area contributed by atoms with Crippen molar-refractivity contribution in [1.29, 1.82) is 0 Å². The summed E-state index contributed by atoms with van der Waals surface area (Å²) in [6.07, 6.45) is 1.83. The van der Waals surface area contributed by atoms with Crippen LogP contribution in [0.3, 0.4) is 0 Å². The average Bonchev–Trinajstić information content (AvgIpc) is 3.41. The second-order valence-electron chi connectivity index (χ2n) is 9.21. The van der Waals surface area contributed by atoms with Crippen molar-refractivity contribution in [3.63, 3.8) is 0 Å². The summed E-state index contributed by atoms with van der Waals surface area (Å²) < 4.78 is 5.68. The number of hydrogen-bond acceptors (Lipinski definition) is 11. The normalized spacial score (nSPS) is 14.8. The van der Waals surface area contributed by atoms with Crippen molar-refractivity contribution in [3.05, 3.63) is 0 Å². The van der Waals surface area contributed by atoms with Gasteiger partial charge < -0.3 is 25.0 Å².